The van der Waals surface area contributed by atoms with Gasteiger partial charge in [-0.2, -0.15) is 0 Å². The third-order valence-corrected chi connectivity index (χ3v) is 7.46. The molecule has 0 saturated carbocycles. The number of amides is 8. The number of nitrogens with zero attached hydrogens (tertiary/aromatic N) is 2. The van der Waals surface area contributed by atoms with E-state index in [0.29, 0.717) is 0 Å². The lowest BCUT2D eigenvalue weighted by Crippen LogP contribution is -2.63. The molecule has 0 bridgehead atoms. The van der Waals surface area contributed by atoms with Crippen LogP contribution in [0.15, 0.2) is 24.3 Å². The van der Waals surface area contributed by atoms with Gasteiger partial charge in [-0.15, -0.1) is 0 Å². The topological polar surface area (TPSA) is 244 Å². The molecule has 0 aromatic rings. The van der Waals surface area contributed by atoms with Crippen LogP contribution in [0.25, 0.3) is 0 Å². The van der Waals surface area contributed by atoms with Crippen LogP contribution in [-0.2, 0) is 57.4 Å². The average molecular weight is 761 g/mol. The van der Waals surface area contributed by atoms with Crippen LogP contribution < -0.4 is 21.3 Å². The summed E-state index contributed by atoms with van der Waals surface area (Å²) in [6.45, 7) is 9.92. The highest BCUT2D eigenvalue weighted by atomic mass is 16.6. The number of hydrogen-bond acceptors (Lipinski definition) is 12. The van der Waals surface area contributed by atoms with Gasteiger partial charge in [0.25, 0.3) is 23.6 Å². The minimum Gasteiger partial charge on any atom is -0.460 e. The zero-order valence-corrected chi connectivity index (χ0v) is 31.7. The maximum absolute atomic E-state index is 13.6. The van der Waals surface area contributed by atoms with Crippen LogP contribution >= 0.6 is 0 Å². The lowest BCUT2D eigenvalue weighted by atomic mass is 10.0. The van der Waals surface area contributed by atoms with E-state index in [4.69, 9.17) is 9.47 Å². The lowest BCUT2D eigenvalue weighted by Gasteiger charge is -2.28. The van der Waals surface area contributed by atoms with Gasteiger partial charge in [-0.25, -0.2) is 0 Å². The molecule has 8 amide bonds. The largest absolute Gasteiger partial charge is 0.460 e. The summed E-state index contributed by atoms with van der Waals surface area (Å²) in [6.07, 6.45) is 4.08. The predicted molar refractivity (Wildman–Crippen MR) is 190 cm³/mol. The van der Waals surface area contributed by atoms with Gasteiger partial charge < -0.3 is 30.7 Å². The molecular weight excluding hydrogens is 708 g/mol. The third kappa shape index (κ3) is 16.5. The molecule has 0 aromatic carbocycles. The summed E-state index contributed by atoms with van der Waals surface area (Å²) in [5.41, 5.74) is -1.44. The Morgan fingerprint density at radius 1 is 0.537 bits per heavy atom. The molecule has 2 heterocycles. The summed E-state index contributed by atoms with van der Waals surface area (Å²) in [4.78, 5) is 127. The van der Waals surface area contributed by atoms with Crippen LogP contribution in [0.4, 0.5) is 0 Å². The predicted octanol–water partition coefficient (Wildman–Crippen LogP) is -0.157. The molecule has 2 aliphatic rings. The number of nitrogens with one attached hydrogen (secondary N) is 4. The van der Waals surface area contributed by atoms with Crippen molar-refractivity contribution in [3.05, 3.63) is 24.3 Å². The van der Waals surface area contributed by atoms with Crippen LogP contribution in [0.3, 0.4) is 0 Å². The quantitative estimate of drug-likeness (QED) is 0.0678. The Hall–Kier alpha value is -5.42. The second kappa shape index (κ2) is 20.7. The number of ether oxygens (including phenoxy) is 2. The fourth-order valence-corrected chi connectivity index (χ4v) is 5.08. The zero-order valence-electron chi connectivity index (χ0n) is 31.7. The summed E-state index contributed by atoms with van der Waals surface area (Å²) < 4.78 is 10.6. The van der Waals surface area contributed by atoms with Gasteiger partial charge in [0, 0.05) is 76.2 Å². The Kier molecular flexibility index (Phi) is 17.2. The molecule has 0 saturated heterocycles. The first-order chi connectivity index (χ1) is 25.2. The summed E-state index contributed by atoms with van der Waals surface area (Å²) >= 11 is 0. The summed E-state index contributed by atoms with van der Waals surface area (Å²) in [5, 5.41) is 10.1. The molecule has 0 aromatic heterocycles. The van der Waals surface area contributed by atoms with Gasteiger partial charge in [-0.1, -0.05) is 0 Å². The first kappa shape index (κ1) is 44.7. The van der Waals surface area contributed by atoms with Gasteiger partial charge in [0.15, 0.2) is 0 Å². The van der Waals surface area contributed by atoms with E-state index in [1.807, 2.05) is 0 Å². The highest BCUT2D eigenvalue weighted by Crippen LogP contribution is 2.11. The Bertz CT molecular complexity index is 1380. The Morgan fingerprint density at radius 3 is 1.15 bits per heavy atom. The Morgan fingerprint density at radius 2 is 0.852 bits per heavy atom. The van der Waals surface area contributed by atoms with Crippen molar-refractivity contribution in [3.63, 3.8) is 0 Å². The Balaban J connectivity index is 2.21. The molecule has 18 nitrogen and oxygen atoms in total. The normalized spacial score (nSPS) is 15.2. The van der Waals surface area contributed by atoms with Gasteiger partial charge in [-0.05, 0) is 67.2 Å². The minimum atomic E-state index is -1.70. The first-order valence-corrected chi connectivity index (χ1v) is 17.8. The highest BCUT2D eigenvalue weighted by molar-refractivity contribution is 6.13. The van der Waals surface area contributed by atoms with Crippen molar-refractivity contribution in [2.24, 2.45) is 0 Å². The lowest BCUT2D eigenvalue weighted by molar-refractivity contribution is -0.156. The van der Waals surface area contributed by atoms with E-state index in [2.05, 4.69) is 21.3 Å². The van der Waals surface area contributed by atoms with Gasteiger partial charge in [-0.3, -0.25) is 57.7 Å². The number of imide groups is 2. The molecule has 0 aliphatic carbocycles. The van der Waals surface area contributed by atoms with Crippen molar-refractivity contribution in [2.45, 2.75) is 116 Å². The molecule has 2 atom stereocenters. The smallest absolute Gasteiger partial charge is 0.306 e. The second-order valence-electron chi connectivity index (χ2n) is 14.6. The van der Waals surface area contributed by atoms with E-state index in [9.17, 15) is 47.9 Å². The van der Waals surface area contributed by atoms with Crippen molar-refractivity contribution in [3.8, 4) is 0 Å². The molecule has 298 valence electrons. The molecule has 0 unspecified atom stereocenters. The van der Waals surface area contributed by atoms with Gasteiger partial charge in [0.05, 0.1) is 0 Å². The summed E-state index contributed by atoms with van der Waals surface area (Å²) in [7, 11) is 0. The number of esters is 2. The minimum absolute atomic E-state index is 0.0197. The SMILES string of the molecule is CC(C)(C)OC(=O)CCCNC(=O)[C@@H](NC(=O)CCCN1C(=O)C=CC1=O)[C@H](NC(=O)CCCN1C(=O)C=CC1=O)C(=O)NCCCC(=O)OC(C)(C)C. The van der Waals surface area contributed by atoms with Crippen LogP contribution in [0.5, 0.6) is 0 Å². The van der Waals surface area contributed by atoms with E-state index in [-0.39, 0.29) is 77.5 Å². The number of carbonyl (C=O) groups excluding carboxylic acids is 10. The molecule has 54 heavy (non-hydrogen) atoms. The molecule has 18 heteroatoms. The maximum Gasteiger partial charge on any atom is 0.306 e. The summed E-state index contributed by atoms with van der Waals surface area (Å²) in [5.74, 6) is -6.40. The molecule has 2 aliphatic heterocycles. The fourth-order valence-electron chi connectivity index (χ4n) is 5.08. The fraction of sp³-hybridized carbons (Fsp3) is 0.611. The van der Waals surface area contributed by atoms with Crippen LogP contribution in [0.1, 0.15) is 92.9 Å². The molecule has 0 radical (unpaired) electrons. The van der Waals surface area contributed by atoms with Crippen molar-refractivity contribution in [1.82, 2.24) is 31.1 Å². The van der Waals surface area contributed by atoms with Crippen molar-refractivity contribution < 1.29 is 57.4 Å². The van der Waals surface area contributed by atoms with Crippen LogP contribution in [0.2, 0.25) is 0 Å². The molecule has 0 fully saturated rings. The van der Waals surface area contributed by atoms with Crippen molar-refractivity contribution in [2.75, 3.05) is 26.2 Å². The van der Waals surface area contributed by atoms with Crippen molar-refractivity contribution in [1.29, 1.82) is 0 Å². The average Bonchev–Trinajstić information content (AvgIpc) is 3.55. The standard InChI is InChI=1S/C36H52N6O12/c1-35(2,3)53-29(49)13-7-19-37-33(51)31(39-23(43)11-9-21-41-25(45)15-16-26(41)46)32(34(52)38-20-8-14-30(50)54-36(4,5)6)40-24(44)12-10-22-42-27(47)17-18-28(42)48/h15-18,31-32H,7-14,19-22H2,1-6H3,(H,37,51)(H,38,52)(H,39,43)(H,40,44)/t31-,32-/m0/s1. The van der Waals surface area contributed by atoms with E-state index < -0.39 is 82.5 Å². The van der Waals surface area contributed by atoms with Gasteiger partial charge in [0.2, 0.25) is 23.6 Å². The van der Waals surface area contributed by atoms with E-state index in [1.54, 1.807) is 41.5 Å². The van der Waals surface area contributed by atoms with Crippen LogP contribution in [0, 0.1) is 0 Å². The van der Waals surface area contributed by atoms with E-state index in [0.717, 1.165) is 34.1 Å². The zero-order chi connectivity index (χ0) is 40.6. The van der Waals surface area contributed by atoms with Gasteiger partial charge >= 0.3 is 11.9 Å². The second-order valence-corrected chi connectivity index (χ2v) is 14.6. The number of rotatable bonds is 21. The molecular formula is C36H52N6O12. The summed E-state index contributed by atoms with van der Waals surface area (Å²) in [6, 6.07) is -3.40. The molecule has 0 spiro atoms. The highest BCUT2D eigenvalue weighted by Gasteiger charge is 2.36. The van der Waals surface area contributed by atoms with Crippen LogP contribution in [-0.4, -0.2) is 118 Å². The monoisotopic (exact) mass is 760 g/mol. The molecule has 4 N–H and O–H groups in total. The number of carbonyl (C=O) groups is 10. The van der Waals surface area contributed by atoms with E-state index >= 15 is 0 Å². The Labute approximate surface area is 314 Å². The third-order valence-electron chi connectivity index (χ3n) is 7.46. The van der Waals surface area contributed by atoms with E-state index in [1.165, 1.54) is 0 Å². The van der Waals surface area contributed by atoms with Crippen molar-refractivity contribution >= 4 is 59.2 Å². The maximum atomic E-state index is 13.6. The van der Waals surface area contributed by atoms with Gasteiger partial charge in [0.1, 0.15) is 23.3 Å². The first-order valence-electron chi connectivity index (χ1n) is 17.8. The molecule has 2 rings (SSSR count). The number of hydrogen-bond donors (Lipinski definition) is 4.